The second-order valence-electron chi connectivity index (χ2n) is 6.41. The Hall–Kier alpha value is -2.62. The predicted octanol–water partition coefficient (Wildman–Crippen LogP) is 2.09. The summed E-state index contributed by atoms with van der Waals surface area (Å²) in [6, 6.07) is 1.74. The largest absolute Gasteiger partial charge is 0.477 e. The average molecular weight is 393 g/mol. The van der Waals surface area contributed by atoms with E-state index < -0.39 is 5.97 Å². The number of H-pyrrole nitrogens is 1. The van der Waals surface area contributed by atoms with Gasteiger partial charge in [0.2, 0.25) is 5.88 Å². The first-order valence-corrected chi connectivity index (χ1v) is 9.70. The maximum atomic E-state index is 12.7. The van der Waals surface area contributed by atoms with Crippen molar-refractivity contribution in [1.82, 2.24) is 20.1 Å². The van der Waals surface area contributed by atoms with Crippen molar-refractivity contribution in [2.45, 2.75) is 32.2 Å². The molecule has 1 amide bonds. The summed E-state index contributed by atoms with van der Waals surface area (Å²) < 4.78 is 5.43. The summed E-state index contributed by atoms with van der Waals surface area (Å²) in [5, 5.41) is 16.5. The number of anilines is 1. The lowest BCUT2D eigenvalue weighted by Gasteiger charge is -2.36. The van der Waals surface area contributed by atoms with Crippen LogP contribution in [-0.2, 0) is 0 Å². The number of carbonyl (C=O) groups excluding carboxylic acids is 1. The van der Waals surface area contributed by atoms with Crippen LogP contribution in [0.2, 0.25) is 0 Å². The van der Waals surface area contributed by atoms with Gasteiger partial charge in [-0.3, -0.25) is 9.89 Å². The van der Waals surface area contributed by atoms with Gasteiger partial charge in [0, 0.05) is 32.2 Å². The number of piperidine rings is 1. The highest BCUT2D eigenvalue weighted by molar-refractivity contribution is 7.17. The fourth-order valence-electron chi connectivity index (χ4n) is 3.00. The smallest absolute Gasteiger partial charge is 0.347 e. The van der Waals surface area contributed by atoms with Crippen molar-refractivity contribution >= 4 is 28.3 Å². The van der Waals surface area contributed by atoms with Crippen molar-refractivity contribution in [3.63, 3.8) is 0 Å². The number of aromatic carboxylic acids is 1. The number of hydrogen-bond donors (Lipinski definition) is 2. The Bertz CT molecular complexity index is 797. The van der Waals surface area contributed by atoms with E-state index in [1.807, 2.05) is 6.92 Å². The van der Waals surface area contributed by atoms with E-state index >= 15 is 0 Å². The third kappa shape index (κ3) is 4.38. The number of carboxylic acids is 1. The highest BCUT2D eigenvalue weighted by Crippen LogP contribution is 2.27. The molecule has 3 rings (SSSR count). The van der Waals surface area contributed by atoms with Crippen LogP contribution >= 0.6 is 11.3 Å². The van der Waals surface area contributed by atoms with Crippen LogP contribution in [0.4, 0.5) is 5.13 Å². The molecule has 0 spiro atoms. The Labute approximate surface area is 161 Å². The first kappa shape index (κ1) is 19.2. The van der Waals surface area contributed by atoms with Crippen molar-refractivity contribution in [3.05, 3.63) is 22.8 Å². The van der Waals surface area contributed by atoms with Gasteiger partial charge in [-0.15, -0.1) is 5.10 Å². The molecule has 0 radical (unpaired) electrons. The number of rotatable bonds is 7. The zero-order valence-electron chi connectivity index (χ0n) is 15.3. The second-order valence-corrected chi connectivity index (χ2v) is 7.42. The minimum atomic E-state index is -0.958. The van der Waals surface area contributed by atoms with Gasteiger partial charge in [-0.05, 0) is 19.3 Å². The average Bonchev–Trinajstić information content (AvgIpc) is 3.35. The maximum Gasteiger partial charge on any atom is 0.347 e. The summed E-state index contributed by atoms with van der Waals surface area (Å²) in [4.78, 5) is 31.9. The zero-order valence-corrected chi connectivity index (χ0v) is 16.2. The van der Waals surface area contributed by atoms with Crippen LogP contribution in [0.5, 0.6) is 5.88 Å². The second kappa shape index (κ2) is 8.38. The summed E-state index contributed by atoms with van der Waals surface area (Å²) >= 11 is 1.18. The molecule has 2 aromatic rings. The number of nitrogens with one attached hydrogen (secondary N) is 1. The van der Waals surface area contributed by atoms with Crippen molar-refractivity contribution in [3.8, 4) is 5.88 Å². The van der Waals surface area contributed by atoms with E-state index in [1.54, 1.807) is 18.0 Å². The molecule has 1 aliphatic rings. The lowest BCUT2D eigenvalue weighted by molar-refractivity contribution is 0.0693. The Balaban J connectivity index is 1.55. The predicted molar refractivity (Wildman–Crippen MR) is 101 cm³/mol. The fourth-order valence-corrected chi connectivity index (χ4v) is 3.81. The summed E-state index contributed by atoms with van der Waals surface area (Å²) in [5.41, 5.74) is 0.414. The number of carbonyl (C=O) groups is 2. The summed E-state index contributed by atoms with van der Waals surface area (Å²) in [6.07, 6.45) is 3.84. The summed E-state index contributed by atoms with van der Waals surface area (Å²) in [7, 11) is 1.79. The number of carboxylic acid groups (broad SMARTS) is 1. The third-order valence-electron chi connectivity index (χ3n) is 4.55. The highest BCUT2D eigenvalue weighted by Gasteiger charge is 2.28. The van der Waals surface area contributed by atoms with Crippen molar-refractivity contribution in [2.75, 3.05) is 31.6 Å². The number of hydrogen-bond acceptors (Lipinski definition) is 7. The van der Waals surface area contributed by atoms with E-state index in [-0.39, 0.29) is 16.8 Å². The topological polar surface area (TPSA) is 112 Å². The van der Waals surface area contributed by atoms with Crippen LogP contribution in [0.1, 0.15) is 46.3 Å². The lowest BCUT2D eigenvalue weighted by Crippen LogP contribution is -2.45. The quantitative estimate of drug-likeness (QED) is 0.741. The molecule has 146 valence electrons. The van der Waals surface area contributed by atoms with Gasteiger partial charge in [0.1, 0.15) is 10.6 Å². The molecule has 2 N–H and O–H groups in total. The van der Waals surface area contributed by atoms with Gasteiger partial charge < -0.3 is 19.6 Å². The minimum absolute atomic E-state index is 0.107. The van der Waals surface area contributed by atoms with Gasteiger partial charge in [-0.1, -0.05) is 18.3 Å². The van der Waals surface area contributed by atoms with Crippen molar-refractivity contribution in [1.29, 1.82) is 0 Å². The van der Waals surface area contributed by atoms with E-state index in [1.165, 1.54) is 17.5 Å². The summed E-state index contributed by atoms with van der Waals surface area (Å²) in [5.74, 6) is -0.642. The number of amides is 1. The van der Waals surface area contributed by atoms with Crippen LogP contribution in [0.15, 0.2) is 12.3 Å². The Kier molecular flexibility index (Phi) is 5.94. The van der Waals surface area contributed by atoms with E-state index in [4.69, 9.17) is 9.84 Å². The van der Waals surface area contributed by atoms with Gasteiger partial charge in [-0.25, -0.2) is 9.78 Å². The van der Waals surface area contributed by atoms with Crippen molar-refractivity contribution < 1.29 is 19.4 Å². The van der Waals surface area contributed by atoms with Crippen LogP contribution in [-0.4, -0.2) is 69.9 Å². The lowest BCUT2D eigenvalue weighted by atomic mass is 10.0. The molecule has 0 aromatic carbocycles. The Morgan fingerprint density at radius 1 is 1.44 bits per heavy atom. The number of aromatic amines is 1. The van der Waals surface area contributed by atoms with E-state index in [0.29, 0.717) is 23.3 Å². The van der Waals surface area contributed by atoms with Crippen LogP contribution in [0.3, 0.4) is 0 Å². The standard InChI is InChI=1S/C17H23N5O4S/c1-3-8-26-14-9-12(19-20-14)15(23)21(2)11-4-6-22(7-5-11)17-18-10-13(27-17)16(24)25/h9-11H,3-8H2,1-2H3,(H,19,20)(H,24,25). The monoisotopic (exact) mass is 393 g/mol. The molecule has 27 heavy (non-hydrogen) atoms. The van der Waals surface area contributed by atoms with E-state index in [0.717, 1.165) is 32.4 Å². The van der Waals surface area contributed by atoms with Gasteiger partial charge >= 0.3 is 5.97 Å². The third-order valence-corrected chi connectivity index (χ3v) is 5.59. The van der Waals surface area contributed by atoms with Gasteiger partial charge in [0.25, 0.3) is 5.91 Å². The van der Waals surface area contributed by atoms with Gasteiger partial charge in [0.05, 0.1) is 12.8 Å². The maximum absolute atomic E-state index is 12.7. The van der Waals surface area contributed by atoms with E-state index in [2.05, 4.69) is 20.1 Å². The molecular weight excluding hydrogens is 370 g/mol. The molecule has 3 heterocycles. The Morgan fingerprint density at radius 3 is 2.81 bits per heavy atom. The molecular formula is C17H23N5O4S. The molecule has 0 unspecified atom stereocenters. The molecule has 2 aromatic heterocycles. The van der Waals surface area contributed by atoms with Gasteiger partial charge in [0.15, 0.2) is 5.13 Å². The van der Waals surface area contributed by atoms with Crippen molar-refractivity contribution in [2.24, 2.45) is 0 Å². The minimum Gasteiger partial charge on any atom is -0.477 e. The first-order chi connectivity index (χ1) is 13.0. The highest BCUT2D eigenvalue weighted by atomic mass is 32.1. The molecule has 1 saturated heterocycles. The van der Waals surface area contributed by atoms with Crippen LogP contribution in [0.25, 0.3) is 0 Å². The summed E-state index contributed by atoms with van der Waals surface area (Å²) in [6.45, 7) is 4.02. The SMILES string of the molecule is CCCOc1cc(C(=O)N(C)C2CCN(c3ncc(C(=O)O)s3)CC2)[nH]n1. The molecule has 0 bridgehead atoms. The molecule has 0 atom stereocenters. The molecule has 1 fully saturated rings. The Morgan fingerprint density at radius 2 is 2.19 bits per heavy atom. The van der Waals surface area contributed by atoms with Crippen LogP contribution < -0.4 is 9.64 Å². The van der Waals surface area contributed by atoms with Crippen LogP contribution in [0, 0.1) is 0 Å². The van der Waals surface area contributed by atoms with Gasteiger partial charge in [-0.2, -0.15) is 0 Å². The fraction of sp³-hybridized carbons (Fsp3) is 0.529. The number of aromatic nitrogens is 3. The molecule has 10 heteroatoms. The number of nitrogens with zero attached hydrogens (tertiary/aromatic N) is 4. The molecule has 0 aliphatic carbocycles. The first-order valence-electron chi connectivity index (χ1n) is 8.89. The number of ether oxygens (including phenoxy) is 1. The molecule has 9 nitrogen and oxygen atoms in total. The van der Waals surface area contributed by atoms with E-state index in [9.17, 15) is 9.59 Å². The zero-order chi connectivity index (χ0) is 19.4. The normalized spacial score (nSPS) is 15.0. The number of thiazole rings is 1. The molecule has 0 saturated carbocycles. The molecule has 1 aliphatic heterocycles.